The van der Waals surface area contributed by atoms with Crippen LogP contribution in [-0.4, -0.2) is 68.3 Å². The van der Waals surface area contributed by atoms with Gasteiger partial charge in [0, 0.05) is 55.5 Å². The van der Waals surface area contributed by atoms with Gasteiger partial charge in [0.15, 0.2) is 0 Å². The number of fused-ring (bicyclic) bond motifs is 1. The molecule has 0 radical (unpaired) electrons. The van der Waals surface area contributed by atoms with Crippen LogP contribution >= 0.6 is 0 Å². The average Bonchev–Trinajstić information content (AvgIpc) is 3.21. The Balaban J connectivity index is 1.84. The lowest BCUT2D eigenvalue weighted by atomic mass is 10.2. The summed E-state index contributed by atoms with van der Waals surface area (Å²) >= 11 is 0. The van der Waals surface area contributed by atoms with Crippen LogP contribution in [0, 0.1) is 0 Å². The topological polar surface area (TPSA) is 101 Å². The summed E-state index contributed by atoms with van der Waals surface area (Å²) in [5, 5.41) is 3.68. The molecule has 0 aliphatic carbocycles. The van der Waals surface area contributed by atoms with E-state index in [1.54, 1.807) is 11.0 Å². The maximum atomic E-state index is 12.9. The molecule has 2 aromatic carbocycles. The Hall–Kier alpha value is -3.37. The molecule has 0 unspecified atom stereocenters. The van der Waals surface area contributed by atoms with Crippen LogP contribution in [0.1, 0.15) is 24.2 Å². The molecule has 2 amide bonds. The molecule has 1 heterocycles. The van der Waals surface area contributed by atoms with Gasteiger partial charge in [-0.05, 0) is 56.3 Å². The number of anilines is 1. The molecular formula is C24H30N4O5S. The normalized spacial score (nSPS) is 11.6. The van der Waals surface area contributed by atoms with Crippen molar-refractivity contribution in [3.8, 4) is 5.75 Å². The molecule has 0 atom stereocenters. The van der Waals surface area contributed by atoms with Crippen molar-refractivity contribution in [2.24, 2.45) is 0 Å². The number of hydrogen-bond acceptors (Lipinski definition) is 5. The highest BCUT2D eigenvalue weighted by atomic mass is 32.2. The summed E-state index contributed by atoms with van der Waals surface area (Å²) in [5.74, 6) is -0.247. The molecule has 1 aromatic heterocycles. The Labute approximate surface area is 200 Å². The van der Waals surface area contributed by atoms with Crippen molar-refractivity contribution in [3.05, 3.63) is 54.2 Å². The molecule has 3 rings (SSSR count). The van der Waals surface area contributed by atoms with E-state index in [-0.39, 0.29) is 28.7 Å². The first-order valence-electron chi connectivity index (χ1n) is 10.9. The fourth-order valence-corrected chi connectivity index (χ4v) is 4.73. The van der Waals surface area contributed by atoms with Gasteiger partial charge >= 0.3 is 0 Å². The van der Waals surface area contributed by atoms with E-state index in [0.29, 0.717) is 18.8 Å². The molecule has 0 aliphatic heterocycles. The van der Waals surface area contributed by atoms with E-state index in [1.165, 1.54) is 39.4 Å². The van der Waals surface area contributed by atoms with Gasteiger partial charge in [-0.15, -0.1) is 0 Å². The molecule has 1 N–H and O–H groups in total. The third-order valence-corrected chi connectivity index (χ3v) is 7.47. The summed E-state index contributed by atoms with van der Waals surface area (Å²) < 4.78 is 33.4. The third-order valence-electron chi connectivity index (χ3n) is 5.64. The molecule has 9 nitrogen and oxygen atoms in total. The van der Waals surface area contributed by atoms with Crippen molar-refractivity contribution in [3.63, 3.8) is 0 Å². The molecule has 182 valence electrons. The van der Waals surface area contributed by atoms with Crippen molar-refractivity contribution in [2.45, 2.75) is 25.3 Å². The number of amides is 2. The number of carbonyl (C=O) groups excluding carboxylic acids is 2. The van der Waals surface area contributed by atoms with Gasteiger partial charge in [-0.3, -0.25) is 9.59 Å². The van der Waals surface area contributed by atoms with Crippen LogP contribution in [0.15, 0.2) is 53.6 Å². The van der Waals surface area contributed by atoms with Crippen molar-refractivity contribution in [1.29, 1.82) is 0 Å². The van der Waals surface area contributed by atoms with E-state index in [2.05, 4.69) is 5.32 Å². The van der Waals surface area contributed by atoms with Crippen LogP contribution in [-0.2, 0) is 21.4 Å². The van der Waals surface area contributed by atoms with Crippen molar-refractivity contribution >= 4 is 38.4 Å². The fraction of sp³-hybridized carbons (Fsp3) is 0.333. The first kappa shape index (κ1) is 25.3. The molecule has 0 bridgehead atoms. The van der Waals surface area contributed by atoms with Crippen molar-refractivity contribution < 1.29 is 22.7 Å². The van der Waals surface area contributed by atoms with Crippen LogP contribution in [0.5, 0.6) is 5.75 Å². The molecule has 10 heteroatoms. The van der Waals surface area contributed by atoms with Gasteiger partial charge in [0.25, 0.3) is 5.91 Å². The highest BCUT2D eigenvalue weighted by Gasteiger charge is 2.24. The quantitative estimate of drug-likeness (QED) is 0.501. The minimum absolute atomic E-state index is 0.0443. The van der Waals surface area contributed by atoms with Gasteiger partial charge in [-0.1, -0.05) is 0 Å². The summed E-state index contributed by atoms with van der Waals surface area (Å²) in [5.41, 5.74) is 1.61. The second kappa shape index (κ2) is 10.3. The first-order chi connectivity index (χ1) is 16.1. The predicted octanol–water partition coefficient (Wildman–Crippen LogP) is 3.02. The number of nitrogens with one attached hydrogen (secondary N) is 1. The van der Waals surface area contributed by atoms with Gasteiger partial charge in [-0.2, -0.15) is 0 Å². The summed E-state index contributed by atoms with van der Waals surface area (Å²) in [7, 11) is 0.406. The van der Waals surface area contributed by atoms with Crippen LogP contribution in [0.25, 0.3) is 10.9 Å². The van der Waals surface area contributed by atoms with Crippen LogP contribution < -0.4 is 10.1 Å². The number of hydrogen-bond donors (Lipinski definition) is 1. The zero-order chi connectivity index (χ0) is 25.0. The summed E-state index contributed by atoms with van der Waals surface area (Å²) in [6, 6.07) is 11.6. The standard InChI is InChI=1S/C24H30N4O5S/c1-6-27(7-2)23(29)16-28-13-12-17-14-19(9-10-20(17)28)25-24(30)18-8-11-21(33-5)22(15-18)34(31,32)26(3)4/h8-15H,6-7,16H2,1-5H3,(H,25,30). The predicted molar refractivity (Wildman–Crippen MR) is 132 cm³/mol. The number of methoxy groups -OCH3 is 1. The number of aromatic nitrogens is 1. The van der Waals surface area contributed by atoms with E-state index >= 15 is 0 Å². The van der Waals surface area contributed by atoms with Gasteiger partial charge < -0.3 is 19.5 Å². The Kier molecular flexibility index (Phi) is 7.63. The zero-order valence-electron chi connectivity index (χ0n) is 20.0. The van der Waals surface area contributed by atoms with E-state index in [9.17, 15) is 18.0 Å². The zero-order valence-corrected chi connectivity index (χ0v) is 20.8. The monoisotopic (exact) mass is 486 g/mol. The minimum Gasteiger partial charge on any atom is -0.495 e. The minimum atomic E-state index is -3.80. The van der Waals surface area contributed by atoms with E-state index in [4.69, 9.17) is 4.74 Å². The van der Waals surface area contributed by atoms with Crippen LogP contribution in [0.3, 0.4) is 0 Å². The number of likely N-dealkylation sites (N-methyl/N-ethyl adjacent to an activating group) is 1. The molecule has 0 saturated heterocycles. The smallest absolute Gasteiger partial charge is 0.255 e. The van der Waals surface area contributed by atoms with Crippen molar-refractivity contribution in [2.75, 3.05) is 39.6 Å². The molecular weight excluding hydrogens is 456 g/mol. The van der Waals surface area contributed by atoms with Gasteiger partial charge in [0.2, 0.25) is 15.9 Å². The third kappa shape index (κ3) is 5.07. The largest absolute Gasteiger partial charge is 0.495 e. The number of benzene rings is 2. The molecule has 0 aliphatic rings. The maximum absolute atomic E-state index is 12.9. The lowest BCUT2D eigenvalue weighted by Crippen LogP contribution is -2.33. The molecule has 0 fully saturated rings. The Morgan fingerprint density at radius 2 is 1.74 bits per heavy atom. The highest BCUT2D eigenvalue weighted by Crippen LogP contribution is 2.28. The highest BCUT2D eigenvalue weighted by molar-refractivity contribution is 7.89. The summed E-state index contributed by atoms with van der Waals surface area (Å²) in [6.45, 7) is 5.46. The van der Waals surface area contributed by atoms with Crippen LogP contribution in [0.2, 0.25) is 0 Å². The van der Waals surface area contributed by atoms with E-state index in [1.807, 2.05) is 42.8 Å². The van der Waals surface area contributed by atoms with Gasteiger partial charge in [0.05, 0.1) is 7.11 Å². The van der Waals surface area contributed by atoms with Gasteiger partial charge in [-0.25, -0.2) is 12.7 Å². The second-order valence-electron chi connectivity index (χ2n) is 7.89. The Bertz CT molecular complexity index is 1310. The SMILES string of the molecule is CCN(CC)C(=O)Cn1ccc2cc(NC(=O)c3ccc(OC)c(S(=O)(=O)N(C)C)c3)ccc21. The molecule has 0 saturated carbocycles. The summed E-state index contributed by atoms with van der Waals surface area (Å²) in [4.78, 5) is 27.0. The average molecular weight is 487 g/mol. The second-order valence-corrected chi connectivity index (χ2v) is 10.0. The number of ether oxygens (including phenoxy) is 1. The van der Waals surface area contributed by atoms with Crippen molar-refractivity contribution in [1.82, 2.24) is 13.8 Å². The Morgan fingerprint density at radius 1 is 1.03 bits per heavy atom. The summed E-state index contributed by atoms with van der Waals surface area (Å²) in [6.07, 6.45) is 1.85. The molecule has 34 heavy (non-hydrogen) atoms. The number of carbonyl (C=O) groups is 2. The molecule has 0 spiro atoms. The lowest BCUT2D eigenvalue weighted by molar-refractivity contribution is -0.131. The Morgan fingerprint density at radius 3 is 2.35 bits per heavy atom. The fourth-order valence-electron chi connectivity index (χ4n) is 3.66. The lowest BCUT2D eigenvalue weighted by Gasteiger charge is -2.19. The number of sulfonamides is 1. The maximum Gasteiger partial charge on any atom is 0.255 e. The number of nitrogens with zero attached hydrogens (tertiary/aromatic N) is 3. The molecule has 3 aromatic rings. The van der Waals surface area contributed by atoms with Crippen LogP contribution in [0.4, 0.5) is 5.69 Å². The van der Waals surface area contributed by atoms with Gasteiger partial charge in [0.1, 0.15) is 17.2 Å². The number of rotatable bonds is 9. The first-order valence-corrected chi connectivity index (χ1v) is 12.3. The van der Waals surface area contributed by atoms with E-state index in [0.717, 1.165) is 15.2 Å². The van der Waals surface area contributed by atoms with E-state index < -0.39 is 15.9 Å².